The molecular formula is C24H25BrN2O6. The van der Waals surface area contributed by atoms with Gasteiger partial charge in [0.2, 0.25) is 5.91 Å². The van der Waals surface area contributed by atoms with E-state index in [-0.39, 0.29) is 24.8 Å². The fraction of sp³-hybridized carbons (Fsp3) is 0.333. The van der Waals surface area contributed by atoms with Crippen LogP contribution in [0.3, 0.4) is 0 Å². The lowest BCUT2D eigenvalue weighted by molar-refractivity contribution is -0.151. The minimum atomic E-state index is -0.634. The zero-order valence-electron chi connectivity index (χ0n) is 18.4. The molecule has 1 aliphatic heterocycles. The lowest BCUT2D eigenvalue weighted by Crippen LogP contribution is -2.28. The Bertz CT molecular complexity index is 1020. The van der Waals surface area contributed by atoms with Gasteiger partial charge in [0.25, 0.3) is 5.91 Å². The summed E-state index contributed by atoms with van der Waals surface area (Å²) in [6, 6.07) is 13.4. The highest BCUT2D eigenvalue weighted by atomic mass is 79.9. The quantitative estimate of drug-likeness (QED) is 0.535. The zero-order chi connectivity index (χ0) is 24.0. The van der Waals surface area contributed by atoms with E-state index in [4.69, 9.17) is 9.47 Å². The number of rotatable bonds is 8. The number of nitrogens with one attached hydrogen (secondary N) is 1. The van der Waals surface area contributed by atoms with Crippen molar-refractivity contribution in [2.75, 3.05) is 30.0 Å². The maximum atomic E-state index is 12.4. The molecule has 33 heavy (non-hydrogen) atoms. The van der Waals surface area contributed by atoms with E-state index in [2.05, 4.69) is 21.2 Å². The Kier molecular flexibility index (Phi) is 8.21. The highest BCUT2D eigenvalue weighted by Crippen LogP contribution is 2.27. The second-order valence-corrected chi connectivity index (χ2v) is 9.02. The van der Waals surface area contributed by atoms with Gasteiger partial charge < -0.3 is 19.7 Å². The van der Waals surface area contributed by atoms with Crippen molar-refractivity contribution in [2.24, 2.45) is 11.8 Å². The molecule has 174 valence electrons. The first kappa shape index (κ1) is 24.4. The predicted molar refractivity (Wildman–Crippen MR) is 126 cm³/mol. The van der Waals surface area contributed by atoms with E-state index >= 15 is 0 Å². The topological polar surface area (TPSA) is 102 Å². The summed E-state index contributed by atoms with van der Waals surface area (Å²) in [7, 11) is 0. The number of carbonyl (C=O) groups is 4. The summed E-state index contributed by atoms with van der Waals surface area (Å²) in [5, 5.41) is 2.60. The average molecular weight is 517 g/mol. The maximum Gasteiger partial charge on any atom is 0.338 e. The Balaban J connectivity index is 1.46. The normalized spacial score (nSPS) is 15.5. The van der Waals surface area contributed by atoms with Crippen LogP contribution in [0.4, 0.5) is 11.4 Å². The molecule has 1 N–H and O–H groups in total. The van der Waals surface area contributed by atoms with Crippen LogP contribution in [0, 0.1) is 11.8 Å². The summed E-state index contributed by atoms with van der Waals surface area (Å²) in [5.74, 6) is -2.12. The third-order valence-electron chi connectivity index (χ3n) is 4.89. The number of ether oxygens (including phenoxy) is 2. The van der Waals surface area contributed by atoms with E-state index in [1.54, 1.807) is 36.4 Å². The molecule has 1 fully saturated rings. The molecule has 1 atom stereocenters. The largest absolute Gasteiger partial charge is 0.462 e. The van der Waals surface area contributed by atoms with Crippen molar-refractivity contribution >= 4 is 51.1 Å². The van der Waals surface area contributed by atoms with E-state index in [0.717, 1.165) is 4.47 Å². The molecule has 0 radical (unpaired) electrons. The van der Waals surface area contributed by atoms with Gasteiger partial charge in [0.05, 0.1) is 18.1 Å². The van der Waals surface area contributed by atoms with Crippen LogP contribution < -0.4 is 10.2 Å². The molecule has 1 aliphatic rings. The molecule has 9 heteroatoms. The van der Waals surface area contributed by atoms with E-state index in [1.165, 1.54) is 4.90 Å². The Labute approximate surface area is 200 Å². The maximum absolute atomic E-state index is 12.4. The summed E-state index contributed by atoms with van der Waals surface area (Å²) < 4.78 is 11.2. The first-order valence-corrected chi connectivity index (χ1v) is 11.3. The number of hydrogen-bond donors (Lipinski definition) is 1. The van der Waals surface area contributed by atoms with Crippen LogP contribution in [-0.2, 0) is 23.9 Å². The molecule has 8 nitrogen and oxygen atoms in total. The van der Waals surface area contributed by atoms with Gasteiger partial charge in [-0.2, -0.15) is 0 Å². The predicted octanol–water partition coefficient (Wildman–Crippen LogP) is 3.80. The van der Waals surface area contributed by atoms with Crippen LogP contribution in [0.15, 0.2) is 53.0 Å². The molecule has 0 aliphatic carbocycles. The molecule has 0 aromatic heterocycles. The second-order valence-electron chi connectivity index (χ2n) is 8.11. The average Bonchev–Trinajstić information content (AvgIpc) is 3.18. The monoisotopic (exact) mass is 516 g/mol. The molecule has 2 aromatic carbocycles. The zero-order valence-corrected chi connectivity index (χ0v) is 20.0. The Morgan fingerprint density at radius 3 is 2.36 bits per heavy atom. The number of esters is 2. The van der Waals surface area contributed by atoms with Gasteiger partial charge in [0, 0.05) is 28.8 Å². The molecule has 2 amide bonds. The fourth-order valence-corrected chi connectivity index (χ4v) is 3.47. The first-order chi connectivity index (χ1) is 15.7. The summed E-state index contributed by atoms with van der Waals surface area (Å²) in [5.41, 5.74) is 1.53. The molecule has 0 saturated carbocycles. The van der Waals surface area contributed by atoms with Gasteiger partial charge in [-0.1, -0.05) is 29.8 Å². The minimum Gasteiger partial charge on any atom is -0.462 e. The number of nitrogens with zero attached hydrogens (tertiary/aromatic N) is 1. The third-order valence-corrected chi connectivity index (χ3v) is 5.42. The van der Waals surface area contributed by atoms with Crippen molar-refractivity contribution in [3.63, 3.8) is 0 Å². The van der Waals surface area contributed by atoms with Crippen molar-refractivity contribution in [3.05, 3.63) is 58.6 Å². The Morgan fingerprint density at radius 1 is 1.06 bits per heavy atom. The number of benzene rings is 2. The van der Waals surface area contributed by atoms with Gasteiger partial charge in [-0.3, -0.25) is 14.4 Å². The summed E-state index contributed by atoms with van der Waals surface area (Å²) in [4.78, 5) is 50.3. The number of amides is 2. The Hall–Kier alpha value is -3.20. The lowest BCUT2D eigenvalue weighted by atomic mass is 10.1. The molecule has 3 rings (SSSR count). The van der Waals surface area contributed by atoms with Gasteiger partial charge in [-0.05, 0) is 54.4 Å². The third kappa shape index (κ3) is 6.89. The van der Waals surface area contributed by atoms with E-state index < -0.39 is 30.4 Å². The van der Waals surface area contributed by atoms with E-state index in [1.807, 2.05) is 26.0 Å². The molecular weight excluding hydrogens is 492 g/mol. The number of halogens is 1. The highest BCUT2D eigenvalue weighted by Gasteiger charge is 2.36. The van der Waals surface area contributed by atoms with Crippen LogP contribution in [-0.4, -0.2) is 43.5 Å². The van der Waals surface area contributed by atoms with Gasteiger partial charge in [0.1, 0.15) is 0 Å². The number of anilines is 2. The van der Waals surface area contributed by atoms with Gasteiger partial charge in [-0.25, -0.2) is 4.79 Å². The van der Waals surface area contributed by atoms with Crippen LogP contribution in [0.2, 0.25) is 0 Å². The molecule has 0 unspecified atom stereocenters. The van der Waals surface area contributed by atoms with Crippen LogP contribution in [0.5, 0.6) is 0 Å². The lowest BCUT2D eigenvalue weighted by Gasteiger charge is -2.16. The highest BCUT2D eigenvalue weighted by molar-refractivity contribution is 9.10. The summed E-state index contributed by atoms with van der Waals surface area (Å²) in [6.45, 7) is 3.95. The fourth-order valence-electron chi connectivity index (χ4n) is 3.20. The van der Waals surface area contributed by atoms with E-state index in [9.17, 15) is 19.2 Å². The smallest absolute Gasteiger partial charge is 0.338 e. The first-order valence-electron chi connectivity index (χ1n) is 10.5. The SMILES string of the molecule is CC(C)COC(=O)c1ccc(NC(=O)COC(=O)[C@@H]2CC(=O)N(c3ccc(Br)cc3)C2)cc1. The van der Waals surface area contributed by atoms with Crippen molar-refractivity contribution < 1.29 is 28.7 Å². The van der Waals surface area contributed by atoms with Crippen molar-refractivity contribution in [2.45, 2.75) is 20.3 Å². The summed E-state index contributed by atoms with van der Waals surface area (Å²) >= 11 is 3.35. The molecule has 0 bridgehead atoms. The second kappa shape index (κ2) is 11.1. The molecule has 1 saturated heterocycles. The van der Waals surface area contributed by atoms with Gasteiger partial charge >= 0.3 is 11.9 Å². The number of carbonyl (C=O) groups excluding carboxylic acids is 4. The van der Waals surface area contributed by atoms with Crippen molar-refractivity contribution in [1.29, 1.82) is 0 Å². The molecule has 1 heterocycles. The van der Waals surface area contributed by atoms with Crippen LogP contribution in [0.25, 0.3) is 0 Å². The van der Waals surface area contributed by atoms with E-state index in [0.29, 0.717) is 23.5 Å². The summed E-state index contributed by atoms with van der Waals surface area (Å²) in [6.07, 6.45) is 0.0326. The molecule has 2 aromatic rings. The minimum absolute atomic E-state index is 0.0326. The standard InChI is InChI=1S/C24H25BrN2O6/c1-15(2)13-32-23(30)16-3-7-19(8-4-16)26-21(28)14-33-24(31)17-11-22(29)27(12-17)20-9-5-18(25)6-10-20/h3-10,15,17H,11-14H2,1-2H3,(H,26,28)/t17-/m1/s1. The molecule has 0 spiro atoms. The van der Waals surface area contributed by atoms with Crippen LogP contribution in [0.1, 0.15) is 30.6 Å². The Morgan fingerprint density at radius 2 is 1.73 bits per heavy atom. The van der Waals surface area contributed by atoms with Gasteiger partial charge in [0.15, 0.2) is 6.61 Å². The van der Waals surface area contributed by atoms with Crippen LogP contribution >= 0.6 is 15.9 Å². The number of hydrogen-bond acceptors (Lipinski definition) is 6. The van der Waals surface area contributed by atoms with Crippen molar-refractivity contribution in [3.8, 4) is 0 Å². The van der Waals surface area contributed by atoms with Crippen molar-refractivity contribution in [1.82, 2.24) is 0 Å². The van der Waals surface area contributed by atoms with Gasteiger partial charge in [-0.15, -0.1) is 0 Å².